The summed E-state index contributed by atoms with van der Waals surface area (Å²) in [6.45, 7) is 0. The standard InChI is InChI=1S/C26H23FN2O2/c1-31-24-9-5-2-6-19(24)17-14-22-25(23(30)15-17)26(16-10-12-18(27)13-11-16)29-21-8-4-3-7-20(21)28-22/h2-13,17,26,28-29H,14-15H2,1H3. The van der Waals surface area contributed by atoms with E-state index in [-0.39, 0.29) is 23.6 Å². The molecule has 0 bridgehead atoms. The average Bonchev–Trinajstić information content (AvgIpc) is 2.96. The molecule has 156 valence electrons. The van der Waals surface area contributed by atoms with Crippen LogP contribution in [0.2, 0.25) is 0 Å². The van der Waals surface area contributed by atoms with Gasteiger partial charge in [0.05, 0.1) is 24.5 Å². The van der Waals surface area contributed by atoms with E-state index in [4.69, 9.17) is 4.74 Å². The topological polar surface area (TPSA) is 50.4 Å². The van der Waals surface area contributed by atoms with Crippen LogP contribution in [-0.2, 0) is 4.79 Å². The lowest BCUT2D eigenvalue weighted by Crippen LogP contribution is -2.27. The smallest absolute Gasteiger partial charge is 0.163 e. The first kappa shape index (κ1) is 19.4. The fourth-order valence-electron chi connectivity index (χ4n) is 4.62. The molecule has 2 atom stereocenters. The van der Waals surface area contributed by atoms with E-state index in [9.17, 15) is 9.18 Å². The number of methoxy groups -OCH3 is 1. The Bertz CT molecular complexity index is 1170. The summed E-state index contributed by atoms with van der Waals surface area (Å²) in [7, 11) is 1.66. The van der Waals surface area contributed by atoms with Gasteiger partial charge in [-0.3, -0.25) is 4.79 Å². The maximum atomic E-state index is 13.6. The molecule has 1 aliphatic carbocycles. The second-order valence-corrected chi connectivity index (χ2v) is 7.96. The molecule has 0 spiro atoms. The number of ether oxygens (including phenoxy) is 1. The van der Waals surface area contributed by atoms with E-state index in [0.29, 0.717) is 18.4 Å². The van der Waals surface area contributed by atoms with Crippen molar-refractivity contribution >= 4 is 17.2 Å². The lowest BCUT2D eigenvalue weighted by molar-refractivity contribution is -0.116. The number of Topliss-reactive ketones (excluding diaryl/α,β-unsaturated/α-hetero) is 1. The highest BCUT2D eigenvalue weighted by atomic mass is 19.1. The second-order valence-electron chi connectivity index (χ2n) is 7.96. The molecule has 0 aromatic heterocycles. The molecule has 2 N–H and O–H groups in total. The van der Waals surface area contributed by atoms with E-state index < -0.39 is 0 Å². The van der Waals surface area contributed by atoms with Crippen molar-refractivity contribution in [3.8, 4) is 5.75 Å². The monoisotopic (exact) mass is 414 g/mol. The van der Waals surface area contributed by atoms with E-state index in [1.807, 2.05) is 48.5 Å². The zero-order valence-electron chi connectivity index (χ0n) is 17.2. The van der Waals surface area contributed by atoms with Crippen molar-refractivity contribution < 1.29 is 13.9 Å². The van der Waals surface area contributed by atoms with Crippen LogP contribution in [0.1, 0.15) is 35.9 Å². The molecule has 1 heterocycles. The van der Waals surface area contributed by atoms with E-state index in [2.05, 4.69) is 10.6 Å². The number of carbonyl (C=O) groups is 1. The van der Waals surface area contributed by atoms with Crippen LogP contribution in [0.15, 0.2) is 84.1 Å². The van der Waals surface area contributed by atoms with Gasteiger partial charge in [-0.15, -0.1) is 0 Å². The normalized spacial score (nSPS) is 20.1. The van der Waals surface area contributed by atoms with Crippen LogP contribution in [0, 0.1) is 5.82 Å². The van der Waals surface area contributed by atoms with Gasteiger partial charge in [-0.2, -0.15) is 0 Å². The maximum absolute atomic E-state index is 13.6. The van der Waals surface area contributed by atoms with Crippen LogP contribution in [0.3, 0.4) is 0 Å². The first-order valence-electron chi connectivity index (χ1n) is 10.4. The number of ketones is 1. The average molecular weight is 414 g/mol. The van der Waals surface area contributed by atoms with E-state index >= 15 is 0 Å². The molecule has 3 aromatic carbocycles. The van der Waals surface area contributed by atoms with Gasteiger partial charge in [0.1, 0.15) is 11.6 Å². The molecular formula is C26H23FN2O2. The third-order valence-corrected chi connectivity index (χ3v) is 6.09. The van der Waals surface area contributed by atoms with Crippen molar-refractivity contribution in [2.24, 2.45) is 0 Å². The zero-order valence-corrected chi connectivity index (χ0v) is 17.2. The van der Waals surface area contributed by atoms with Crippen molar-refractivity contribution in [1.82, 2.24) is 0 Å². The molecule has 1 aliphatic heterocycles. The summed E-state index contributed by atoms with van der Waals surface area (Å²) in [5.41, 5.74) is 5.35. The van der Waals surface area contributed by atoms with Gasteiger partial charge >= 0.3 is 0 Å². The minimum atomic E-state index is -0.349. The summed E-state index contributed by atoms with van der Waals surface area (Å²) in [4.78, 5) is 13.5. The van der Waals surface area contributed by atoms with Crippen molar-refractivity contribution in [2.75, 3.05) is 17.7 Å². The lowest BCUT2D eigenvalue weighted by Gasteiger charge is -2.30. The summed E-state index contributed by atoms with van der Waals surface area (Å²) in [5, 5.41) is 7.04. The Morgan fingerprint density at radius 2 is 1.61 bits per heavy atom. The summed E-state index contributed by atoms with van der Waals surface area (Å²) in [6.07, 6.45) is 1.09. The van der Waals surface area contributed by atoms with E-state index in [1.54, 1.807) is 19.2 Å². The van der Waals surface area contributed by atoms with Gasteiger partial charge in [0.15, 0.2) is 5.78 Å². The van der Waals surface area contributed by atoms with Crippen LogP contribution in [0.4, 0.5) is 15.8 Å². The van der Waals surface area contributed by atoms with Crippen LogP contribution < -0.4 is 15.4 Å². The van der Waals surface area contributed by atoms with Crippen molar-refractivity contribution in [3.63, 3.8) is 0 Å². The number of nitrogens with one attached hydrogen (secondary N) is 2. The summed E-state index contributed by atoms with van der Waals surface area (Å²) in [5.74, 6) is 0.608. The van der Waals surface area contributed by atoms with Gasteiger partial charge in [-0.1, -0.05) is 42.5 Å². The van der Waals surface area contributed by atoms with Crippen molar-refractivity contribution in [2.45, 2.75) is 24.8 Å². The van der Waals surface area contributed by atoms with Crippen molar-refractivity contribution in [3.05, 3.63) is 101 Å². The van der Waals surface area contributed by atoms with Crippen LogP contribution in [0.25, 0.3) is 0 Å². The molecule has 5 rings (SSSR count). The summed E-state index contributed by atoms with van der Waals surface area (Å²) >= 11 is 0. The quantitative estimate of drug-likeness (QED) is 0.568. The fraction of sp³-hybridized carbons (Fsp3) is 0.192. The first-order valence-corrected chi connectivity index (χ1v) is 10.4. The minimum Gasteiger partial charge on any atom is -0.496 e. The molecule has 0 amide bonds. The SMILES string of the molecule is COc1ccccc1C1CC(=O)C2=C(C1)Nc1ccccc1NC2c1ccc(F)cc1. The Balaban J connectivity index is 1.61. The molecule has 0 saturated heterocycles. The van der Waals surface area contributed by atoms with E-state index in [1.165, 1.54) is 12.1 Å². The first-order chi connectivity index (χ1) is 15.1. The third-order valence-electron chi connectivity index (χ3n) is 6.09. The molecule has 5 heteroatoms. The Labute approximate surface area is 180 Å². The van der Waals surface area contributed by atoms with Crippen molar-refractivity contribution in [1.29, 1.82) is 0 Å². The Morgan fingerprint density at radius 3 is 2.39 bits per heavy atom. The molecule has 4 nitrogen and oxygen atoms in total. The molecule has 0 fully saturated rings. The number of para-hydroxylation sites is 3. The Kier molecular flexibility index (Phi) is 4.94. The predicted molar refractivity (Wildman–Crippen MR) is 120 cm³/mol. The fourth-order valence-corrected chi connectivity index (χ4v) is 4.62. The largest absolute Gasteiger partial charge is 0.496 e. The van der Waals surface area contributed by atoms with Gasteiger partial charge in [-0.05, 0) is 47.9 Å². The van der Waals surface area contributed by atoms with Gasteiger partial charge < -0.3 is 15.4 Å². The highest BCUT2D eigenvalue weighted by molar-refractivity contribution is 6.01. The number of hydrogen-bond donors (Lipinski definition) is 2. The highest BCUT2D eigenvalue weighted by Crippen LogP contribution is 2.45. The maximum Gasteiger partial charge on any atom is 0.163 e. The van der Waals surface area contributed by atoms with Crippen LogP contribution >= 0.6 is 0 Å². The summed E-state index contributed by atoms with van der Waals surface area (Å²) in [6, 6.07) is 21.8. The molecule has 0 saturated carbocycles. The zero-order chi connectivity index (χ0) is 21.4. The number of halogens is 1. The number of hydrogen-bond acceptors (Lipinski definition) is 4. The molecule has 2 aliphatic rings. The van der Waals surface area contributed by atoms with E-state index in [0.717, 1.165) is 33.9 Å². The van der Waals surface area contributed by atoms with Crippen LogP contribution in [-0.4, -0.2) is 12.9 Å². The molecule has 2 unspecified atom stereocenters. The molecule has 31 heavy (non-hydrogen) atoms. The third kappa shape index (κ3) is 3.56. The second kappa shape index (κ2) is 7.91. The number of benzene rings is 3. The highest BCUT2D eigenvalue weighted by Gasteiger charge is 2.36. The Morgan fingerprint density at radius 1 is 0.903 bits per heavy atom. The van der Waals surface area contributed by atoms with Gasteiger partial charge in [0, 0.05) is 23.6 Å². The number of anilines is 2. The van der Waals surface area contributed by atoms with Gasteiger partial charge in [0.25, 0.3) is 0 Å². The minimum absolute atomic E-state index is 0.0223. The number of carbonyl (C=O) groups excluding carboxylic acids is 1. The molecule has 0 radical (unpaired) electrons. The lowest BCUT2D eigenvalue weighted by atomic mass is 9.78. The molecular weight excluding hydrogens is 391 g/mol. The predicted octanol–water partition coefficient (Wildman–Crippen LogP) is 5.81. The molecule has 3 aromatic rings. The van der Waals surface area contributed by atoms with Gasteiger partial charge in [0.2, 0.25) is 0 Å². The van der Waals surface area contributed by atoms with Gasteiger partial charge in [-0.25, -0.2) is 4.39 Å². The number of rotatable bonds is 3. The van der Waals surface area contributed by atoms with Crippen LogP contribution in [0.5, 0.6) is 5.75 Å². The number of allylic oxidation sites excluding steroid dienone is 1. The summed E-state index contributed by atoms with van der Waals surface area (Å²) < 4.78 is 19.1. The Hall–Kier alpha value is -3.60. The number of fused-ring (bicyclic) bond motifs is 1.